The van der Waals surface area contributed by atoms with E-state index in [-0.39, 0.29) is 128 Å². The first-order chi connectivity index (χ1) is 34.7. The number of amides is 8. The maximum Gasteiger partial charge on any atom is 0.333 e. The van der Waals surface area contributed by atoms with Crippen LogP contribution in [0.15, 0.2) is 0 Å². The van der Waals surface area contributed by atoms with Crippen LogP contribution in [0.25, 0.3) is 0 Å². The highest BCUT2D eigenvalue weighted by atomic mass is 16.7. The molecule has 400 valence electrons. The van der Waals surface area contributed by atoms with Crippen molar-refractivity contribution in [3.05, 3.63) is 0 Å². The summed E-state index contributed by atoms with van der Waals surface area (Å²) in [6.07, 6.45) is -3.38. The molecule has 0 N–H and O–H groups in total. The number of carbonyl (C=O) groups excluding carboxylic acids is 16. The van der Waals surface area contributed by atoms with Crippen molar-refractivity contribution in [2.75, 3.05) is 52.9 Å². The van der Waals surface area contributed by atoms with E-state index in [0.29, 0.717) is 20.3 Å². The van der Waals surface area contributed by atoms with Crippen LogP contribution in [0.1, 0.15) is 128 Å². The third-order valence-corrected chi connectivity index (χ3v) is 10.8. The molecule has 4 rings (SSSR count). The quantitative estimate of drug-likeness (QED) is 0.0709. The molecule has 0 aromatic rings. The Labute approximate surface area is 415 Å². The van der Waals surface area contributed by atoms with Gasteiger partial charge < -0.3 is 38.3 Å². The fourth-order valence-electron chi connectivity index (χ4n) is 7.01. The predicted molar refractivity (Wildman–Crippen MR) is 230 cm³/mol. The van der Waals surface area contributed by atoms with Crippen LogP contribution in [0.5, 0.6) is 0 Å². The van der Waals surface area contributed by atoms with Crippen LogP contribution in [-0.4, -0.2) is 167 Å². The minimum absolute atomic E-state index is 0.0608. The van der Waals surface area contributed by atoms with Crippen LogP contribution in [-0.2, 0) is 115 Å². The minimum Gasteiger partial charge on any atom is -0.373 e. The van der Waals surface area contributed by atoms with Crippen molar-refractivity contribution in [1.82, 2.24) is 20.3 Å². The number of ketones is 4. The molecule has 4 heterocycles. The Balaban J connectivity index is 1.36. The summed E-state index contributed by atoms with van der Waals surface area (Å²) in [4.78, 5) is 214. The number of hydrogen-bond donors (Lipinski definition) is 0. The lowest BCUT2D eigenvalue weighted by Crippen LogP contribution is -2.43. The van der Waals surface area contributed by atoms with Gasteiger partial charge in [-0.3, -0.25) is 57.5 Å². The van der Waals surface area contributed by atoms with Crippen molar-refractivity contribution < 1.29 is 115 Å². The molecule has 4 fully saturated rings. The molecule has 0 bridgehead atoms. The van der Waals surface area contributed by atoms with Crippen molar-refractivity contribution in [3.8, 4) is 0 Å². The Hall–Kier alpha value is -7.04. The second kappa shape index (κ2) is 29.5. The number of hydroxylamine groups is 8. The third kappa shape index (κ3) is 20.2. The Morgan fingerprint density at radius 1 is 0.301 bits per heavy atom. The van der Waals surface area contributed by atoms with Crippen molar-refractivity contribution in [2.45, 2.75) is 128 Å². The average molecular weight is 1040 g/mol. The summed E-state index contributed by atoms with van der Waals surface area (Å²) in [5.41, 5.74) is -1.50. The Kier molecular flexibility index (Phi) is 23.6. The number of nitrogens with zero attached hydrogens (tertiary/aromatic N) is 4. The Morgan fingerprint density at radius 2 is 0.479 bits per heavy atom. The van der Waals surface area contributed by atoms with E-state index in [0.717, 1.165) is 0 Å². The molecular formula is C45H56N4O24. The first-order valence-corrected chi connectivity index (χ1v) is 23.4. The van der Waals surface area contributed by atoms with Gasteiger partial charge in [0.1, 0.15) is 26.4 Å². The molecule has 0 radical (unpaired) electrons. The maximum absolute atomic E-state index is 12.9. The van der Waals surface area contributed by atoms with E-state index in [1.54, 1.807) is 0 Å². The molecule has 0 atom stereocenters. The van der Waals surface area contributed by atoms with Gasteiger partial charge in [-0.05, 0) is 25.7 Å². The van der Waals surface area contributed by atoms with Gasteiger partial charge in [-0.2, -0.15) is 0 Å². The lowest BCUT2D eigenvalue weighted by atomic mass is 9.92. The van der Waals surface area contributed by atoms with Gasteiger partial charge in [-0.15, -0.1) is 20.3 Å². The zero-order valence-electron chi connectivity index (χ0n) is 39.9. The molecule has 0 aromatic heterocycles. The number of ether oxygens (including phenoxy) is 4. The van der Waals surface area contributed by atoms with Crippen LogP contribution < -0.4 is 0 Å². The monoisotopic (exact) mass is 1040 g/mol. The van der Waals surface area contributed by atoms with E-state index < -0.39 is 153 Å². The summed E-state index contributed by atoms with van der Waals surface area (Å²) in [5.74, 6) is -11.3. The van der Waals surface area contributed by atoms with E-state index in [1.807, 2.05) is 0 Å². The highest BCUT2D eigenvalue weighted by Crippen LogP contribution is 2.23. The first-order valence-electron chi connectivity index (χ1n) is 23.4. The number of hydrogen-bond acceptors (Lipinski definition) is 24. The smallest absolute Gasteiger partial charge is 0.333 e. The van der Waals surface area contributed by atoms with E-state index in [1.165, 1.54) is 0 Å². The molecular weight excluding hydrogens is 980 g/mol. The molecule has 28 nitrogen and oxygen atoms in total. The van der Waals surface area contributed by atoms with Gasteiger partial charge in [-0.1, -0.05) is 0 Å². The average Bonchev–Trinajstić information content (AvgIpc) is 4.04. The van der Waals surface area contributed by atoms with Gasteiger partial charge >= 0.3 is 23.9 Å². The van der Waals surface area contributed by atoms with Gasteiger partial charge in [0.15, 0.2) is 23.1 Å². The molecule has 73 heavy (non-hydrogen) atoms. The topological polar surface area (TPSA) is 360 Å². The zero-order valence-corrected chi connectivity index (χ0v) is 39.9. The summed E-state index contributed by atoms with van der Waals surface area (Å²) in [7, 11) is 0. The first kappa shape index (κ1) is 58.5. The molecule has 0 saturated carbocycles. The fraction of sp³-hybridized carbons (Fsp3) is 0.644. The van der Waals surface area contributed by atoms with E-state index in [2.05, 4.69) is 0 Å². The van der Waals surface area contributed by atoms with Crippen LogP contribution in [0.3, 0.4) is 0 Å². The van der Waals surface area contributed by atoms with Crippen LogP contribution in [0, 0.1) is 5.41 Å². The highest BCUT2D eigenvalue weighted by Gasteiger charge is 2.37. The summed E-state index contributed by atoms with van der Waals surface area (Å²) < 4.78 is 23.0. The molecule has 0 aliphatic carbocycles. The number of carbonyl (C=O) groups is 16. The predicted octanol–water partition coefficient (Wildman–Crippen LogP) is -0.574. The molecule has 0 aromatic carbocycles. The molecule has 0 unspecified atom stereocenters. The maximum atomic E-state index is 12.9. The van der Waals surface area contributed by atoms with Crippen molar-refractivity contribution in [3.63, 3.8) is 0 Å². The molecule has 0 spiro atoms. The van der Waals surface area contributed by atoms with Crippen molar-refractivity contribution >= 4 is 94.3 Å². The minimum atomic E-state index is -1.50. The summed E-state index contributed by atoms with van der Waals surface area (Å²) >= 11 is 0. The van der Waals surface area contributed by atoms with Gasteiger partial charge in [-0.25, -0.2) is 19.2 Å². The van der Waals surface area contributed by atoms with Crippen molar-refractivity contribution in [2.24, 2.45) is 5.41 Å². The number of imide groups is 4. The molecule has 8 amide bonds. The highest BCUT2D eigenvalue weighted by molar-refractivity contribution is 6.03. The fourth-order valence-corrected chi connectivity index (χ4v) is 7.01. The lowest BCUT2D eigenvalue weighted by molar-refractivity contribution is -0.197. The van der Waals surface area contributed by atoms with Gasteiger partial charge in [0.25, 0.3) is 47.3 Å². The number of rotatable bonds is 36. The van der Waals surface area contributed by atoms with Gasteiger partial charge in [0.2, 0.25) is 0 Å². The summed E-state index contributed by atoms with van der Waals surface area (Å²) in [6, 6.07) is 0. The van der Waals surface area contributed by atoms with Crippen LogP contribution in [0.2, 0.25) is 0 Å². The Morgan fingerprint density at radius 3 is 0.658 bits per heavy atom. The van der Waals surface area contributed by atoms with Crippen LogP contribution >= 0.6 is 0 Å². The third-order valence-electron chi connectivity index (χ3n) is 10.8. The zero-order chi connectivity index (χ0) is 53.5. The van der Waals surface area contributed by atoms with Gasteiger partial charge in [0, 0.05) is 103 Å². The van der Waals surface area contributed by atoms with E-state index in [9.17, 15) is 76.7 Å². The Bertz CT molecular complexity index is 1820. The van der Waals surface area contributed by atoms with Gasteiger partial charge in [0.05, 0.1) is 31.8 Å². The second-order valence-corrected chi connectivity index (χ2v) is 17.2. The largest absolute Gasteiger partial charge is 0.373 e. The standard InChI is InChI=1S/C45H56N4O24/c50-29(5-1-9-41(62)70-46-33(54)13-14-34(46)55)21-66-25-45(26-67-22-30(51)6-2-10-42(63)71-47-35(56)15-16-36(47)57,27-68-23-31(52)7-3-11-43(64)72-48-37(58)17-18-38(48)59)28-69-24-32(53)8-4-12-44(65)73-49-39(60)19-20-40(49)61/h1-28H2. The molecule has 4 saturated heterocycles. The number of Topliss-reactive ketones (excluding diaryl/α,β-unsaturated/α-hetero) is 4. The second-order valence-electron chi connectivity index (χ2n) is 17.2. The SMILES string of the molecule is O=C(CCCC(=O)ON1C(=O)CCC1=O)COCC(COCC(=O)CCCC(=O)ON1C(=O)CCC1=O)(COCC(=O)CCCC(=O)ON1C(=O)CCC1=O)COCC(=O)CCCC(=O)ON1C(=O)CCC1=O. The summed E-state index contributed by atoms with van der Waals surface area (Å²) in [5, 5.41) is 1.48. The van der Waals surface area contributed by atoms with Crippen LogP contribution in [0.4, 0.5) is 0 Å². The molecule has 4 aliphatic rings. The summed E-state index contributed by atoms with van der Waals surface area (Å²) in [6.45, 7) is -4.08. The van der Waals surface area contributed by atoms with E-state index >= 15 is 0 Å². The van der Waals surface area contributed by atoms with E-state index in [4.69, 9.17) is 38.3 Å². The lowest BCUT2D eigenvalue weighted by Gasteiger charge is -2.32. The molecule has 28 heteroatoms. The molecule has 4 aliphatic heterocycles. The van der Waals surface area contributed by atoms with Crippen molar-refractivity contribution in [1.29, 1.82) is 0 Å². The normalized spacial score (nSPS) is 16.0.